The Balaban J connectivity index is 2.04. The Labute approximate surface area is 181 Å². The van der Waals surface area contributed by atoms with Crippen LogP contribution in [0.25, 0.3) is 11.3 Å². The van der Waals surface area contributed by atoms with Gasteiger partial charge >= 0.3 is 0 Å². The van der Waals surface area contributed by atoms with Crippen LogP contribution in [-0.4, -0.2) is 31.6 Å². The summed E-state index contributed by atoms with van der Waals surface area (Å²) in [5, 5.41) is 17.6. The minimum absolute atomic E-state index is 0.202. The first-order valence-electron chi connectivity index (χ1n) is 9.10. The standard InChI is InChI=1S/C20H21ClN4O4S/c1-20(2,3)19(29)25-17(22-10-13-4-5-16(21)30-13)9-14(23-25)12-8-15(27)18(28)24(11-12)6-7-26/h4-5,7-9,11,22,27H,6,10H2,1-3H3. The number of aromatic hydroxyl groups is 1. The molecule has 2 N–H and O–H groups in total. The summed E-state index contributed by atoms with van der Waals surface area (Å²) in [5.41, 5.74) is -0.598. The summed E-state index contributed by atoms with van der Waals surface area (Å²) in [6.45, 7) is 5.60. The van der Waals surface area contributed by atoms with E-state index >= 15 is 0 Å². The molecule has 0 aliphatic heterocycles. The summed E-state index contributed by atoms with van der Waals surface area (Å²) in [7, 11) is 0. The van der Waals surface area contributed by atoms with E-state index in [4.69, 9.17) is 11.6 Å². The van der Waals surface area contributed by atoms with Crippen LogP contribution in [-0.2, 0) is 17.9 Å². The molecule has 3 aromatic rings. The molecule has 8 nitrogen and oxygen atoms in total. The lowest BCUT2D eigenvalue weighted by atomic mass is 9.96. The summed E-state index contributed by atoms with van der Waals surface area (Å²) in [5.74, 6) is -0.276. The van der Waals surface area contributed by atoms with Gasteiger partial charge in [-0.1, -0.05) is 32.4 Å². The number of aromatic nitrogens is 3. The van der Waals surface area contributed by atoms with Crippen molar-refractivity contribution in [3.8, 4) is 17.0 Å². The topological polar surface area (TPSA) is 106 Å². The Hall–Kier alpha value is -2.91. The highest BCUT2D eigenvalue weighted by atomic mass is 35.5. The van der Waals surface area contributed by atoms with Crippen molar-refractivity contribution in [2.45, 2.75) is 33.9 Å². The fourth-order valence-corrected chi connectivity index (χ4v) is 3.75. The lowest BCUT2D eigenvalue weighted by Gasteiger charge is -2.18. The molecule has 0 aliphatic rings. The monoisotopic (exact) mass is 448 g/mol. The molecule has 0 amide bonds. The molecule has 3 heterocycles. The first-order valence-corrected chi connectivity index (χ1v) is 10.3. The van der Waals surface area contributed by atoms with Gasteiger partial charge in [0.1, 0.15) is 12.1 Å². The number of aldehydes is 1. The highest BCUT2D eigenvalue weighted by Gasteiger charge is 2.27. The van der Waals surface area contributed by atoms with E-state index in [1.807, 2.05) is 6.07 Å². The van der Waals surface area contributed by atoms with Gasteiger partial charge in [0.2, 0.25) is 0 Å². The van der Waals surface area contributed by atoms with Crippen molar-refractivity contribution in [1.82, 2.24) is 14.3 Å². The normalized spacial score (nSPS) is 11.5. The van der Waals surface area contributed by atoms with Crippen molar-refractivity contribution < 1.29 is 14.7 Å². The van der Waals surface area contributed by atoms with Gasteiger partial charge in [0.25, 0.3) is 11.5 Å². The Kier molecular flexibility index (Phi) is 6.14. The average Bonchev–Trinajstić information content (AvgIpc) is 3.28. The first-order chi connectivity index (χ1) is 14.1. The van der Waals surface area contributed by atoms with E-state index in [1.165, 1.54) is 28.3 Å². The minimum atomic E-state index is -0.690. The predicted molar refractivity (Wildman–Crippen MR) is 116 cm³/mol. The smallest absolute Gasteiger partial charge is 0.293 e. The molecule has 30 heavy (non-hydrogen) atoms. The van der Waals surface area contributed by atoms with Crippen LogP contribution in [0.15, 0.2) is 35.3 Å². The third kappa shape index (κ3) is 4.63. The largest absolute Gasteiger partial charge is 0.503 e. The van der Waals surface area contributed by atoms with E-state index in [0.717, 1.165) is 9.44 Å². The molecule has 0 saturated heterocycles. The molecule has 3 aromatic heterocycles. The van der Waals surface area contributed by atoms with Crippen molar-refractivity contribution in [2.75, 3.05) is 5.32 Å². The number of anilines is 1. The SMILES string of the molecule is CC(C)(C)C(=O)n1nc(-c2cc(O)c(=O)n(CC=O)c2)cc1NCc1ccc(Cl)s1. The average molecular weight is 449 g/mol. The maximum Gasteiger partial charge on any atom is 0.293 e. The molecule has 0 aliphatic carbocycles. The molecule has 0 bridgehead atoms. The van der Waals surface area contributed by atoms with Gasteiger partial charge < -0.3 is 19.8 Å². The van der Waals surface area contributed by atoms with E-state index < -0.39 is 16.7 Å². The van der Waals surface area contributed by atoms with Gasteiger partial charge in [0.05, 0.1) is 23.1 Å². The van der Waals surface area contributed by atoms with Crippen molar-refractivity contribution >= 4 is 40.9 Å². The van der Waals surface area contributed by atoms with Crippen molar-refractivity contribution in [1.29, 1.82) is 0 Å². The van der Waals surface area contributed by atoms with Crippen LogP contribution in [0.5, 0.6) is 5.75 Å². The molecule has 0 fully saturated rings. The summed E-state index contributed by atoms with van der Waals surface area (Å²) in [6.07, 6.45) is 1.99. The second-order valence-electron chi connectivity index (χ2n) is 7.68. The van der Waals surface area contributed by atoms with E-state index in [9.17, 15) is 19.5 Å². The van der Waals surface area contributed by atoms with Crippen molar-refractivity contribution in [3.05, 3.63) is 50.0 Å². The highest BCUT2D eigenvalue weighted by molar-refractivity contribution is 7.16. The quantitative estimate of drug-likeness (QED) is 0.558. The molecule has 0 radical (unpaired) electrons. The number of nitrogens with zero attached hydrogens (tertiary/aromatic N) is 3. The predicted octanol–water partition coefficient (Wildman–Crippen LogP) is 3.63. The molecule has 0 spiro atoms. The molecule has 0 aromatic carbocycles. The van der Waals surface area contributed by atoms with Crippen LogP contribution in [0, 0.1) is 5.41 Å². The number of thiophene rings is 1. The van der Waals surface area contributed by atoms with Crippen LogP contribution >= 0.6 is 22.9 Å². The number of nitrogens with one attached hydrogen (secondary N) is 1. The second kappa shape index (κ2) is 8.45. The molecule has 158 valence electrons. The van der Waals surface area contributed by atoms with Crippen molar-refractivity contribution in [2.24, 2.45) is 5.41 Å². The third-order valence-electron chi connectivity index (χ3n) is 4.25. The zero-order valence-corrected chi connectivity index (χ0v) is 18.3. The minimum Gasteiger partial charge on any atom is -0.503 e. The third-order valence-corrected chi connectivity index (χ3v) is 5.48. The van der Waals surface area contributed by atoms with Gasteiger partial charge in [0, 0.05) is 28.1 Å². The molecular formula is C20H21ClN4O4S. The van der Waals surface area contributed by atoms with Gasteiger partial charge in [0.15, 0.2) is 5.75 Å². The molecule has 10 heteroatoms. The van der Waals surface area contributed by atoms with Gasteiger partial charge in [-0.05, 0) is 18.2 Å². The molecule has 0 unspecified atom stereocenters. The van der Waals surface area contributed by atoms with E-state index in [2.05, 4.69) is 10.4 Å². The van der Waals surface area contributed by atoms with Crippen LogP contribution < -0.4 is 10.9 Å². The molecule has 0 saturated carbocycles. The Bertz CT molecular complexity index is 1160. The van der Waals surface area contributed by atoms with Crippen molar-refractivity contribution in [3.63, 3.8) is 0 Å². The van der Waals surface area contributed by atoms with Gasteiger partial charge in [-0.2, -0.15) is 9.78 Å². The number of pyridine rings is 1. The van der Waals surface area contributed by atoms with Gasteiger partial charge in [-0.3, -0.25) is 9.59 Å². The molecule has 0 atom stereocenters. The van der Waals surface area contributed by atoms with Gasteiger partial charge in [-0.25, -0.2) is 0 Å². The van der Waals surface area contributed by atoms with Crippen LogP contribution in [0.4, 0.5) is 5.82 Å². The van der Waals surface area contributed by atoms with E-state index in [-0.39, 0.29) is 12.5 Å². The number of hydrogen-bond donors (Lipinski definition) is 2. The molecular weight excluding hydrogens is 428 g/mol. The van der Waals surface area contributed by atoms with Crippen LogP contribution in [0.2, 0.25) is 4.34 Å². The Morgan fingerprint density at radius 2 is 2.07 bits per heavy atom. The molecule has 3 rings (SSSR count). The summed E-state index contributed by atoms with van der Waals surface area (Å²) in [6, 6.07) is 6.61. The van der Waals surface area contributed by atoms with Crippen LogP contribution in [0.3, 0.4) is 0 Å². The fourth-order valence-electron chi connectivity index (χ4n) is 2.72. The summed E-state index contributed by atoms with van der Waals surface area (Å²) in [4.78, 5) is 36.7. The Morgan fingerprint density at radius 3 is 2.67 bits per heavy atom. The highest BCUT2D eigenvalue weighted by Crippen LogP contribution is 2.28. The lowest BCUT2D eigenvalue weighted by Crippen LogP contribution is -2.28. The van der Waals surface area contributed by atoms with Crippen LogP contribution in [0.1, 0.15) is 30.4 Å². The fraction of sp³-hybridized carbons (Fsp3) is 0.300. The van der Waals surface area contributed by atoms with Gasteiger partial charge in [-0.15, -0.1) is 11.3 Å². The number of halogens is 1. The Morgan fingerprint density at radius 1 is 1.33 bits per heavy atom. The summed E-state index contributed by atoms with van der Waals surface area (Å²) < 4.78 is 3.03. The van der Waals surface area contributed by atoms with E-state index in [1.54, 1.807) is 32.9 Å². The zero-order chi connectivity index (χ0) is 22.1. The number of rotatable bonds is 6. The number of hydrogen-bond acceptors (Lipinski definition) is 7. The lowest BCUT2D eigenvalue weighted by molar-refractivity contribution is -0.108. The maximum atomic E-state index is 12.9. The maximum absolute atomic E-state index is 12.9. The van der Waals surface area contributed by atoms with E-state index in [0.29, 0.717) is 34.2 Å². The number of carbonyl (C=O) groups excluding carboxylic acids is 2. The zero-order valence-electron chi connectivity index (χ0n) is 16.7. The first kappa shape index (κ1) is 21.8. The second-order valence-corrected chi connectivity index (χ2v) is 9.48. The number of carbonyl (C=O) groups is 2. The summed E-state index contributed by atoms with van der Waals surface area (Å²) >= 11 is 7.40.